The van der Waals surface area contributed by atoms with Gasteiger partial charge in [-0.2, -0.15) is 11.8 Å². The second-order valence-corrected chi connectivity index (χ2v) is 6.95. The SMILES string of the molecule is CSC1CCC(NS(=O)(=O)CCN)CC1. The van der Waals surface area contributed by atoms with Crippen LogP contribution in [-0.4, -0.2) is 38.3 Å². The van der Waals surface area contributed by atoms with Crippen LogP contribution in [0.2, 0.25) is 0 Å². The molecule has 0 aliphatic heterocycles. The molecule has 0 bridgehead atoms. The minimum Gasteiger partial charge on any atom is -0.329 e. The summed E-state index contributed by atoms with van der Waals surface area (Å²) in [5, 5.41) is 0.709. The van der Waals surface area contributed by atoms with Gasteiger partial charge in [-0.3, -0.25) is 0 Å². The molecule has 0 heterocycles. The predicted octanol–water partition coefficient (Wildman–Crippen LogP) is 0.539. The lowest BCUT2D eigenvalue weighted by atomic mass is 9.96. The average molecular weight is 252 g/mol. The van der Waals surface area contributed by atoms with Crippen molar-refractivity contribution in [1.82, 2.24) is 4.72 Å². The summed E-state index contributed by atoms with van der Waals surface area (Å²) in [7, 11) is -3.14. The van der Waals surface area contributed by atoms with Crippen LogP contribution in [0.25, 0.3) is 0 Å². The number of sulfonamides is 1. The second kappa shape index (κ2) is 6.08. The number of hydrogen-bond donors (Lipinski definition) is 2. The third-order valence-electron chi connectivity index (χ3n) is 2.74. The van der Waals surface area contributed by atoms with Crippen LogP contribution in [0.4, 0.5) is 0 Å². The standard InChI is InChI=1S/C9H20N2O2S2/c1-14-9-4-2-8(3-5-9)11-15(12,13)7-6-10/h8-9,11H,2-7,10H2,1H3. The van der Waals surface area contributed by atoms with Crippen LogP contribution in [0, 0.1) is 0 Å². The quantitative estimate of drug-likeness (QED) is 0.749. The molecule has 0 aromatic carbocycles. The molecule has 0 spiro atoms. The summed E-state index contributed by atoms with van der Waals surface area (Å²) in [6.45, 7) is 0.190. The normalized spacial score (nSPS) is 27.9. The molecule has 0 saturated heterocycles. The zero-order chi connectivity index (χ0) is 11.3. The van der Waals surface area contributed by atoms with Crippen LogP contribution in [0.5, 0.6) is 0 Å². The molecule has 90 valence electrons. The van der Waals surface area contributed by atoms with E-state index in [9.17, 15) is 8.42 Å². The average Bonchev–Trinajstić information content (AvgIpc) is 2.18. The van der Waals surface area contributed by atoms with Gasteiger partial charge in [-0.1, -0.05) is 0 Å². The fourth-order valence-electron chi connectivity index (χ4n) is 1.88. The first-order valence-corrected chi connectivity index (χ1v) is 8.24. The topological polar surface area (TPSA) is 72.2 Å². The van der Waals surface area contributed by atoms with Gasteiger partial charge < -0.3 is 5.73 Å². The summed E-state index contributed by atoms with van der Waals surface area (Å²) >= 11 is 1.88. The number of nitrogens with one attached hydrogen (secondary N) is 1. The lowest BCUT2D eigenvalue weighted by molar-refractivity contribution is 0.420. The molecule has 0 unspecified atom stereocenters. The molecule has 1 aliphatic carbocycles. The van der Waals surface area contributed by atoms with E-state index in [-0.39, 0.29) is 18.3 Å². The van der Waals surface area contributed by atoms with Crippen LogP contribution >= 0.6 is 11.8 Å². The summed E-state index contributed by atoms with van der Waals surface area (Å²) < 4.78 is 25.6. The molecule has 4 nitrogen and oxygen atoms in total. The van der Waals surface area contributed by atoms with E-state index >= 15 is 0 Å². The molecule has 0 aromatic rings. The van der Waals surface area contributed by atoms with Gasteiger partial charge in [0.2, 0.25) is 10.0 Å². The van der Waals surface area contributed by atoms with E-state index in [2.05, 4.69) is 11.0 Å². The first kappa shape index (κ1) is 13.3. The minimum atomic E-state index is -3.14. The van der Waals surface area contributed by atoms with Crippen molar-refractivity contribution < 1.29 is 8.42 Å². The summed E-state index contributed by atoms with van der Waals surface area (Å²) in [6, 6.07) is 0.130. The Labute approximate surface area is 96.4 Å². The van der Waals surface area contributed by atoms with Crippen molar-refractivity contribution in [3.8, 4) is 0 Å². The second-order valence-electron chi connectivity index (χ2n) is 3.93. The number of nitrogens with two attached hydrogens (primary N) is 1. The third kappa shape index (κ3) is 4.72. The Kier molecular flexibility index (Phi) is 5.38. The van der Waals surface area contributed by atoms with E-state index in [1.165, 1.54) is 0 Å². The highest BCUT2D eigenvalue weighted by atomic mass is 32.2. The zero-order valence-electron chi connectivity index (χ0n) is 9.11. The van der Waals surface area contributed by atoms with E-state index < -0.39 is 10.0 Å². The molecule has 0 atom stereocenters. The van der Waals surface area contributed by atoms with Gasteiger partial charge in [0.1, 0.15) is 0 Å². The Bertz CT molecular complexity index is 272. The highest BCUT2D eigenvalue weighted by Gasteiger charge is 2.23. The molecule has 1 fully saturated rings. The molecule has 3 N–H and O–H groups in total. The first-order valence-electron chi connectivity index (χ1n) is 5.30. The fourth-order valence-corrected chi connectivity index (χ4v) is 3.80. The molecule has 1 aliphatic rings. The van der Waals surface area contributed by atoms with Crippen molar-refractivity contribution in [3.05, 3.63) is 0 Å². The Morgan fingerprint density at radius 3 is 2.40 bits per heavy atom. The summed E-state index contributed by atoms with van der Waals surface area (Å²) in [5.41, 5.74) is 5.24. The van der Waals surface area contributed by atoms with Gasteiger partial charge in [-0.15, -0.1) is 0 Å². The Morgan fingerprint density at radius 2 is 1.93 bits per heavy atom. The maximum atomic E-state index is 11.5. The van der Waals surface area contributed by atoms with Crippen molar-refractivity contribution in [2.24, 2.45) is 5.73 Å². The van der Waals surface area contributed by atoms with Gasteiger partial charge in [0.05, 0.1) is 5.75 Å². The molecule has 0 aromatic heterocycles. The van der Waals surface area contributed by atoms with Crippen molar-refractivity contribution in [3.63, 3.8) is 0 Å². The largest absolute Gasteiger partial charge is 0.329 e. The van der Waals surface area contributed by atoms with E-state index in [0.717, 1.165) is 25.7 Å². The number of thioether (sulfide) groups is 1. The lowest BCUT2D eigenvalue weighted by Gasteiger charge is -2.27. The summed E-state index contributed by atoms with van der Waals surface area (Å²) in [4.78, 5) is 0. The molecule has 1 rings (SSSR count). The van der Waals surface area contributed by atoms with Gasteiger partial charge in [0, 0.05) is 17.8 Å². The highest BCUT2D eigenvalue weighted by Crippen LogP contribution is 2.27. The summed E-state index contributed by atoms with van der Waals surface area (Å²) in [5.74, 6) is 0.0372. The monoisotopic (exact) mass is 252 g/mol. The highest BCUT2D eigenvalue weighted by molar-refractivity contribution is 7.99. The van der Waals surface area contributed by atoms with Gasteiger partial charge in [-0.05, 0) is 31.9 Å². The van der Waals surface area contributed by atoms with E-state index in [1.807, 2.05) is 11.8 Å². The molecular weight excluding hydrogens is 232 g/mol. The maximum absolute atomic E-state index is 11.5. The van der Waals surface area contributed by atoms with Crippen LogP contribution in [0.1, 0.15) is 25.7 Å². The van der Waals surface area contributed by atoms with Crippen LogP contribution in [-0.2, 0) is 10.0 Å². The molecule has 6 heteroatoms. The Hall–Kier alpha value is 0.220. The molecule has 0 amide bonds. The van der Waals surface area contributed by atoms with Crippen molar-refractivity contribution in [1.29, 1.82) is 0 Å². The number of rotatable bonds is 5. The molecule has 15 heavy (non-hydrogen) atoms. The molecular formula is C9H20N2O2S2. The minimum absolute atomic E-state index is 0.0372. The zero-order valence-corrected chi connectivity index (χ0v) is 10.7. The van der Waals surface area contributed by atoms with Gasteiger partial charge in [0.25, 0.3) is 0 Å². The predicted molar refractivity (Wildman–Crippen MR) is 65.5 cm³/mol. The van der Waals surface area contributed by atoms with Crippen LogP contribution in [0.15, 0.2) is 0 Å². The fraction of sp³-hybridized carbons (Fsp3) is 1.00. The van der Waals surface area contributed by atoms with Crippen molar-refractivity contribution >= 4 is 21.8 Å². The molecule has 1 saturated carbocycles. The van der Waals surface area contributed by atoms with Crippen molar-refractivity contribution in [2.45, 2.75) is 37.0 Å². The van der Waals surface area contributed by atoms with Crippen LogP contribution < -0.4 is 10.5 Å². The van der Waals surface area contributed by atoms with E-state index in [1.54, 1.807) is 0 Å². The lowest BCUT2D eigenvalue weighted by Crippen LogP contribution is -2.40. The van der Waals surface area contributed by atoms with E-state index in [0.29, 0.717) is 5.25 Å². The Morgan fingerprint density at radius 1 is 1.33 bits per heavy atom. The smallest absolute Gasteiger partial charge is 0.213 e. The van der Waals surface area contributed by atoms with Gasteiger partial charge in [0.15, 0.2) is 0 Å². The Balaban J connectivity index is 2.35. The maximum Gasteiger partial charge on any atom is 0.213 e. The van der Waals surface area contributed by atoms with E-state index in [4.69, 9.17) is 5.73 Å². The molecule has 0 radical (unpaired) electrons. The third-order valence-corrected chi connectivity index (χ3v) is 5.34. The summed E-state index contributed by atoms with van der Waals surface area (Å²) in [6.07, 6.45) is 6.24. The van der Waals surface area contributed by atoms with Gasteiger partial charge in [-0.25, -0.2) is 13.1 Å². The number of hydrogen-bond acceptors (Lipinski definition) is 4. The van der Waals surface area contributed by atoms with Crippen molar-refractivity contribution in [2.75, 3.05) is 18.6 Å². The van der Waals surface area contributed by atoms with Gasteiger partial charge >= 0.3 is 0 Å². The first-order chi connectivity index (χ1) is 7.07. The van der Waals surface area contributed by atoms with Crippen LogP contribution in [0.3, 0.4) is 0 Å².